The SMILES string of the molecule is CC1(C)Cc2cc(C=CC(=O)O)cnc2NC1=O.Cl. The number of carbonyl (C=O) groups excluding carboxylic acids is 1. The lowest BCUT2D eigenvalue weighted by Gasteiger charge is -2.29. The first-order chi connectivity index (χ1) is 8.38. The smallest absolute Gasteiger partial charge is 0.328 e. The molecule has 0 unspecified atom stereocenters. The van der Waals surface area contributed by atoms with Gasteiger partial charge in [0, 0.05) is 17.7 Å². The number of carboxylic acids is 1. The number of halogens is 1. The van der Waals surface area contributed by atoms with Gasteiger partial charge >= 0.3 is 5.97 Å². The standard InChI is InChI=1S/C13H14N2O3.ClH/c1-13(2)6-9-5-8(3-4-10(16)17)7-14-11(9)15-12(13)18;/h3-5,7H,6H2,1-2H3,(H,16,17)(H,14,15,18);1H. The number of hydrogen-bond acceptors (Lipinski definition) is 3. The van der Waals surface area contributed by atoms with E-state index in [0.717, 1.165) is 11.6 Å². The van der Waals surface area contributed by atoms with E-state index in [1.807, 2.05) is 19.9 Å². The summed E-state index contributed by atoms with van der Waals surface area (Å²) in [7, 11) is 0. The molecule has 0 aliphatic carbocycles. The van der Waals surface area contributed by atoms with Crippen LogP contribution in [0.4, 0.5) is 5.82 Å². The predicted octanol–water partition coefficient (Wildman–Crippen LogP) is 2.12. The number of carbonyl (C=O) groups is 2. The molecule has 2 N–H and O–H groups in total. The molecule has 1 aliphatic rings. The molecule has 2 rings (SSSR count). The summed E-state index contributed by atoms with van der Waals surface area (Å²) in [6.45, 7) is 3.73. The third-order valence-electron chi connectivity index (χ3n) is 2.89. The molecule has 0 atom stereocenters. The van der Waals surface area contributed by atoms with Crippen molar-refractivity contribution in [2.24, 2.45) is 5.41 Å². The molecule has 5 nitrogen and oxygen atoms in total. The first kappa shape index (κ1) is 15.2. The summed E-state index contributed by atoms with van der Waals surface area (Å²) in [6, 6.07) is 1.85. The van der Waals surface area contributed by atoms with Gasteiger partial charge in [-0.3, -0.25) is 4.79 Å². The van der Waals surface area contributed by atoms with Gasteiger partial charge in [0.25, 0.3) is 0 Å². The largest absolute Gasteiger partial charge is 0.478 e. The number of carboxylic acid groups (broad SMARTS) is 1. The van der Waals surface area contributed by atoms with Crippen molar-refractivity contribution in [2.45, 2.75) is 20.3 Å². The van der Waals surface area contributed by atoms with Crippen LogP contribution in [0.3, 0.4) is 0 Å². The third kappa shape index (κ3) is 3.32. The number of amides is 1. The van der Waals surface area contributed by atoms with E-state index in [1.165, 1.54) is 12.3 Å². The van der Waals surface area contributed by atoms with Crippen LogP contribution in [0, 0.1) is 5.41 Å². The second kappa shape index (κ2) is 5.40. The Morgan fingerprint density at radius 3 is 2.84 bits per heavy atom. The van der Waals surface area contributed by atoms with Crippen molar-refractivity contribution >= 4 is 36.2 Å². The molecule has 1 aliphatic heterocycles. The summed E-state index contributed by atoms with van der Waals surface area (Å²) >= 11 is 0. The summed E-state index contributed by atoms with van der Waals surface area (Å²) in [4.78, 5) is 26.3. The second-order valence-electron chi connectivity index (χ2n) is 4.96. The van der Waals surface area contributed by atoms with E-state index in [1.54, 1.807) is 0 Å². The lowest BCUT2D eigenvalue weighted by atomic mass is 9.82. The summed E-state index contributed by atoms with van der Waals surface area (Å²) in [5.74, 6) is -0.482. The van der Waals surface area contributed by atoms with Gasteiger partial charge in [-0.15, -0.1) is 12.4 Å². The molecule has 1 aromatic heterocycles. The Bertz CT molecular complexity index is 553. The monoisotopic (exact) mass is 282 g/mol. The maximum Gasteiger partial charge on any atom is 0.328 e. The van der Waals surface area contributed by atoms with Gasteiger partial charge in [0.1, 0.15) is 5.82 Å². The molecule has 0 fully saturated rings. The first-order valence-electron chi connectivity index (χ1n) is 5.60. The summed E-state index contributed by atoms with van der Waals surface area (Å²) < 4.78 is 0. The van der Waals surface area contributed by atoms with Gasteiger partial charge < -0.3 is 10.4 Å². The van der Waals surface area contributed by atoms with Crippen molar-refractivity contribution in [2.75, 3.05) is 5.32 Å². The van der Waals surface area contributed by atoms with Crippen LogP contribution in [0.15, 0.2) is 18.3 Å². The Hall–Kier alpha value is -1.88. The number of aliphatic carboxylic acids is 1. The Morgan fingerprint density at radius 1 is 1.53 bits per heavy atom. The highest BCUT2D eigenvalue weighted by Gasteiger charge is 2.33. The van der Waals surface area contributed by atoms with Crippen molar-refractivity contribution in [1.29, 1.82) is 0 Å². The van der Waals surface area contributed by atoms with Crippen LogP contribution < -0.4 is 5.32 Å². The number of pyridine rings is 1. The number of anilines is 1. The number of aromatic nitrogens is 1. The van der Waals surface area contributed by atoms with Crippen LogP contribution in [-0.2, 0) is 16.0 Å². The van der Waals surface area contributed by atoms with Gasteiger partial charge in [-0.05, 0) is 29.7 Å². The van der Waals surface area contributed by atoms with E-state index >= 15 is 0 Å². The number of nitrogens with one attached hydrogen (secondary N) is 1. The fourth-order valence-electron chi connectivity index (χ4n) is 1.87. The van der Waals surface area contributed by atoms with Crippen molar-refractivity contribution in [1.82, 2.24) is 4.98 Å². The van der Waals surface area contributed by atoms with Crippen molar-refractivity contribution in [3.63, 3.8) is 0 Å². The highest BCUT2D eigenvalue weighted by Crippen LogP contribution is 2.32. The van der Waals surface area contributed by atoms with Crippen LogP contribution in [0.2, 0.25) is 0 Å². The lowest BCUT2D eigenvalue weighted by Crippen LogP contribution is -2.37. The first-order valence-corrected chi connectivity index (χ1v) is 5.60. The molecule has 0 aromatic carbocycles. The van der Waals surface area contributed by atoms with Gasteiger partial charge in [-0.1, -0.05) is 13.8 Å². The molecule has 0 radical (unpaired) electrons. The lowest BCUT2D eigenvalue weighted by molar-refractivity contribution is -0.131. The van der Waals surface area contributed by atoms with Gasteiger partial charge in [0.05, 0.1) is 0 Å². The van der Waals surface area contributed by atoms with E-state index in [2.05, 4.69) is 10.3 Å². The Morgan fingerprint density at radius 2 is 2.21 bits per heavy atom. The molecular formula is C13H15ClN2O3. The quantitative estimate of drug-likeness (QED) is 0.815. The zero-order valence-corrected chi connectivity index (χ0v) is 11.5. The van der Waals surface area contributed by atoms with E-state index in [0.29, 0.717) is 17.8 Å². The molecule has 6 heteroatoms. The molecule has 0 saturated heterocycles. The molecule has 1 aromatic rings. The summed E-state index contributed by atoms with van der Waals surface area (Å²) in [5, 5.41) is 11.3. The maximum absolute atomic E-state index is 11.7. The highest BCUT2D eigenvalue weighted by atomic mass is 35.5. The number of nitrogens with zero attached hydrogens (tertiary/aromatic N) is 1. The number of fused-ring (bicyclic) bond motifs is 1. The van der Waals surface area contributed by atoms with Crippen LogP contribution in [0.1, 0.15) is 25.0 Å². The Kier molecular flexibility index (Phi) is 4.32. The molecule has 0 saturated carbocycles. The van der Waals surface area contributed by atoms with Crippen molar-refractivity contribution in [3.8, 4) is 0 Å². The van der Waals surface area contributed by atoms with Crippen LogP contribution >= 0.6 is 12.4 Å². The summed E-state index contributed by atoms with van der Waals surface area (Å²) in [5.41, 5.74) is 1.17. The molecule has 0 bridgehead atoms. The fraction of sp³-hybridized carbons (Fsp3) is 0.308. The van der Waals surface area contributed by atoms with E-state index in [9.17, 15) is 9.59 Å². The van der Waals surface area contributed by atoms with E-state index in [-0.39, 0.29) is 18.3 Å². The summed E-state index contributed by atoms with van der Waals surface area (Å²) in [6.07, 6.45) is 4.68. The molecule has 102 valence electrons. The zero-order chi connectivity index (χ0) is 13.3. The van der Waals surface area contributed by atoms with Gasteiger partial charge in [-0.25, -0.2) is 9.78 Å². The van der Waals surface area contributed by atoms with Gasteiger partial charge in [0.2, 0.25) is 5.91 Å². The number of hydrogen-bond donors (Lipinski definition) is 2. The van der Waals surface area contributed by atoms with Gasteiger partial charge in [0.15, 0.2) is 0 Å². The van der Waals surface area contributed by atoms with Crippen LogP contribution in [0.25, 0.3) is 6.08 Å². The minimum Gasteiger partial charge on any atom is -0.478 e. The normalized spacial score (nSPS) is 16.4. The second-order valence-corrected chi connectivity index (χ2v) is 4.96. The van der Waals surface area contributed by atoms with Crippen LogP contribution in [0.5, 0.6) is 0 Å². The third-order valence-corrected chi connectivity index (χ3v) is 2.89. The average molecular weight is 283 g/mol. The molecule has 0 spiro atoms. The Balaban J connectivity index is 0.00000180. The highest BCUT2D eigenvalue weighted by molar-refractivity contribution is 5.97. The Labute approximate surface area is 117 Å². The van der Waals surface area contributed by atoms with Crippen LogP contribution in [-0.4, -0.2) is 22.0 Å². The average Bonchev–Trinajstić information content (AvgIpc) is 2.27. The minimum absolute atomic E-state index is 0. The van der Waals surface area contributed by atoms with Gasteiger partial charge in [-0.2, -0.15) is 0 Å². The predicted molar refractivity (Wildman–Crippen MR) is 74.3 cm³/mol. The minimum atomic E-state index is -0.999. The van der Waals surface area contributed by atoms with Crippen molar-refractivity contribution in [3.05, 3.63) is 29.5 Å². The maximum atomic E-state index is 11.7. The fourth-order valence-corrected chi connectivity index (χ4v) is 1.87. The molecule has 19 heavy (non-hydrogen) atoms. The number of rotatable bonds is 2. The molecular weight excluding hydrogens is 268 g/mol. The zero-order valence-electron chi connectivity index (χ0n) is 10.6. The molecule has 1 amide bonds. The van der Waals surface area contributed by atoms with Crippen molar-refractivity contribution < 1.29 is 14.7 Å². The van der Waals surface area contributed by atoms with E-state index in [4.69, 9.17) is 5.11 Å². The van der Waals surface area contributed by atoms with E-state index < -0.39 is 11.4 Å². The topological polar surface area (TPSA) is 79.3 Å². The molecule has 2 heterocycles.